The van der Waals surface area contributed by atoms with E-state index >= 15 is 0 Å². The van der Waals surface area contributed by atoms with E-state index in [1.165, 1.54) is 6.92 Å². The highest BCUT2D eigenvalue weighted by Gasteiger charge is 2.23. The van der Waals surface area contributed by atoms with Crippen LogP contribution in [0.15, 0.2) is 20.1 Å². The summed E-state index contributed by atoms with van der Waals surface area (Å²) < 4.78 is 26.2. The molecule has 1 rings (SSSR count). The molecule has 1 aromatic rings. The summed E-state index contributed by atoms with van der Waals surface area (Å²) in [5, 5.41) is 1.63. The maximum Gasteiger partial charge on any atom is 0.251 e. The molecule has 3 N–H and O–H groups in total. The Kier molecular flexibility index (Phi) is 3.87. The van der Waals surface area contributed by atoms with Crippen LogP contribution < -0.4 is 10.5 Å². The predicted octanol–water partition coefficient (Wildman–Crippen LogP) is 0.663. The Hall–Kier alpha value is -0.440. The van der Waals surface area contributed by atoms with Crippen LogP contribution in [0.2, 0.25) is 0 Å². The van der Waals surface area contributed by atoms with Crippen molar-refractivity contribution in [2.45, 2.75) is 17.2 Å². The number of hydrogen-bond acceptors (Lipinski definition) is 4. The Morgan fingerprint density at radius 1 is 1.67 bits per heavy atom. The van der Waals surface area contributed by atoms with E-state index in [0.717, 1.165) is 11.3 Å². The number of halogens is 1. The molecule has 5 nitrogen and oxygen atoms in total. The third kappa shape index (κ3) is 3.00. The minimum atomic E-state index is -3.67. The summed E-state index contributed by atoms with van der Waals surface area (Å²) in [4.78, 5) is 10.7. The number of thiophene rings is 1. The zero-order chi connectivity index (χ0) is 11.6. The molecule has 8 heteroatoms. The Morgan fingerprint density at radius 2 is 2.27 bits per heavy atom. The lowest BCUT2D eigenvalue weighted by atomic mass is 10.4. The minimum absolute atomic E-state index is 0.135. The van der Waals surface area contributed by atoms with Crippen LogP contribution in [0.25, 0.3) is 0 Å². The van der Waals surface area contributed by atoms with E-state index in [9.17, 15) is 13.2 Å². The molecule has 1 heterocycles. The van der Waals surface area contributed by atoms with Gasteiger partial charge in [-0.1, -0.05) is 0 Å². The van der Waals surface area contributed by atoms with Crippen LogP contribution in [0.4, 0.5) is 0 Å². The van der Waals surface area contributed by atoms with Gasteiger partial charge in [0.25, 0.3) is 10.0 Å². The summed E-state index contributed by atoms with van der Waals surface area (Å²) in [6.07, 6.45) is 0. The van der Waals surface area contributed by atoms with Gasteiger partial charge < -0.3 is 5.73 Å². The zero-order valence-electron chi connectivity index (χ0n) is 7.73. The van der Waals surface area contributed by atoms with E-state index in [0.29, 0.717) is 4.47 Å². The monoisotopic (exact) mass is 312 g/mol. The van der Waals surface area contributed by atoms with Crippen LogP contribution in [0.1, 0.15) is 6.92 Å². The third-order valence-electron chi connectivity index (χ3n) is 1.59. The van der Waals surface area contributed by atoms with E-state index in [1.807, 2.05) is 0 Å². The highest BCUT2D eigenvalue weighted by Crippen LogP contribution is 2.27. The normalized spacial score (nSPS) is 13.7. The number of primary amides is 1. The van der Waals surface area contributed by atoms with Gasteiger partial charge in [0.05, 0.1) is 6.04 Å². The number of carbonyl (C=O) groups excluding carboxylic acids is 1. The fourth-order valence-corrected chi connectivity index (χ4v) is 4.38. The second-order valence-corrected chi connectivity index (χ2v) is 6.48. The Bertz CT molecular complexity index is 468. The van der Waals surface area contributed by atoms with Crippen molar-refractivity contribution in [3.8, 4) is 0 Å². The van der Waals surface area contributed by atoms with Crippen molar-refractivity contribution >= 4 is 43.2 Å². The van der Waals surface area contributed by atoms with Crippen LogP contribution in [0, 0.1) is 0 Å². The first-order valence-electron chi connectivity index (χ1n) is 3.89. The maximum atomic E-state index is 11.7. The molecular weight excluding hydrogens is 304 g/mol. The van der Waals surface area contributed by atoms with E-state index in [4.69, 9.17) is 5.73 Å². The van der Waals surface area contributed by atoms with E-state index in [1.54, 1.807) is 11.4 Å². The molecule has 0 aliphatic carbocycles. The standard InChI is InChI=1S/C7H9BrN2O3S2/c1-4(6(9)11)10-15(12,13)7-5(8)2-3-14-7/h2-4,10H,1H3,(H2,9,11). The lowest BCUT2D eigenvalue weighted by Crippen LogP contribution is -2.41. The van der Waals surface area contributed by atoms with Crippen LogP contribution in [-0.2, 0) is 14.8 Å². The maximum absolute atomic E-state index is 11.7. The molecule has 0 saturated carbocycles. The van der Waals surface area contributed by atoms with E-state index in [2.05, 4.69) is 20.7 Å². The van der Waals surface area contributed by atoms with Gasteiger partial charge in [-0.25, -0.2) is 8.42 Å². The molecule has 84 valence electrons. The molecule has 0 aliphatic heterocycles. The molecule has 0 spiro atoms. The Labute approximate surface area is 99.8 Å². The molecule has 0 aliphatic rings. The minimum Gasteiger partial charge on any atom is -0.368 e. The number of nitrogens with one attached hydrogen (secondary N) is 1. The number of amides is 1. The van der Waals surface area contributed by atoms with Crippen molar-refractivity contribution in [1.29, 1.82) is 0 Å². The van der Waals surface area contributed by atoms with Gasteiger partial charge in [0.15, 0.2) is 0 Å². The molecule has 1 unspecified atom stereocenters. The molecule has 1 aromatic heterocycles. The molecule has 1 atom stereocenters. The molecule has 0 aromatic carbocycles. The van der Waals surface area contributed by atoms with Crippen LogP contribution >= 0.6 is 27.3 Å². The average Bonchev–Trinajstić information content (AvgIpc) is 2.50. The SMILES string of the molecule is CC(NS(=O)(=O)c1sccc1Br)C(N)=O. The zero-order valence-corrected chi connectivity index (χ0v) is 10.9. The highest BCUT2D eigenvalue weighted by atomic mass is 79.9. The molecule has 0 radical (unpaired) electrons. The lowest BCUT2D eigenvalue weighted by Gasteiger charge is -2.09. The number of carbonyl (C=O) groups is 1. The predicted molar refractivity (Wildman–Crippen MR) is 61.0 cm³/mol. The quantitative estimate of drug-likeness (QED) is 0.856. The molecule has 0 saturated heterocycles. The van der Waals surface area contributed by atoms with Crippen molar-refractivity contribution in [2.24, 2.45) is 5.73 Å². The van der Waals surface area contributed by atoms with Crippen LogP contribution in [0.5, 0.6) is 0 Å². The van der Waals surface area contributed by atoms with Crippen molar-refractivity contribution in [2.75, 3.05) is 0 Å². The topological polar surface area (TPSA) is 89.3 Å². The van der Waals surface area contributed by atoms with Gasteiger partial charge in [-0.3, -0.25) is 4.79 Å². The summed E-state index contributed by atoms with van der Waals surface area (Å²) in [6.45, 7) is 1.39. The molecule has 0 fully saturated rings. The average molecular weight is 313 g/mol. The summed E-state index contributed by atoms with van der Waals surface area (Å²) in [6, 6.07) is 0.692. The highest BCUT2D eigenvalue weighted by molar-refractivity contribution is 9.10. The number of hydrogen-bond donors (Lipinski definition) is 2. The second-order valence-electron chi connectivity index (χ2n) is 2.80. The summed E-state index contributed by atoms with van der Waals surface area (Å²) >= 11 is 4.16. The third-order valence-corrected chi connectivity index (χ3v) is 5.80. The first-order valence-corrected chi connectivity index (χ1v) is 7.05. The van der Waals surface area contributed by atoms with E-state index < -0.39 is 22.0 Å². The first-order chi connectivity index (χ1) is 6.84. The molecule has 15 heavy (non-hydrogen) atoms. The van der Waals surface area contributed by atoms with Gasteiger partial charge in [-0.2, -0.15) is 4.72 Å². The van der Waals surface area contributed by atoms with Crippen molar-refractivity contribution in [3.63, 3.8) is 0 Å². The Morgan fingerprint density at radius 3 is 2.67 bits per heavy atom. The Balaban J connectivity index is 2.96. The number of rotatable bonds is 4. The van der Waals surface area contributed by atoms with Gasteiger partial charge >= 0.3 is 0 Å². The van der Waals surface area contributed by atoms with Crippen molar-refractivity contribution < 1.29 is 13.2 Å². The summed E-state index contributed by atoms with van der Waals surface area (Å²) in [7, 11) is -3.67. The van der Waals surface area contributed by atoms with E-state index in [-0.39, 0.29) is 4.21 Å². The number of sulfonamides is 1. The van der Waals surface area contributed by atoms with Crippen LogP contribution in [0.3, 0.4) is 0 Å². The fraction of sp³-hybridized carbons (Fsp3) is 0.286. The first kappa shape index (κ1) is 12.6. The van der Waals surface area contributed by atoms with Gasteiger partial charge in [-0.05, 0) is 34.3 Å². The molecular formula is C7H9BrN2O3S2. The fourth-order valence-electron chi connectivity index (χ4n) is 0.816. The van der Waals surface area contributed by atoms with Gasteiger partial charge in [0, 0.05) is 4.47 Å². The number of nitrogens with two attached hydrogens (primary N) is 1. The van der Waals surface area contributed by atoms with Gasteiger partial charge in [0.1, 0.15) is 4.21 Å². The van der Waals surface area contributed by atoms with Gasteiger partial charge in [-0.15, -0.1) is 11.3 Å². The summed E-state index contributed by atoms with van der Waals surface area (Å²) in [5.41, 5.74) is 4.96. The van der Waals surface area contributed by atoms with Crippen molar-refractivity contribution in [1.82, 2.24) is 4.72 Å². The lowest BCUT2D eigenvalue weighted by molar-refractivity contribution is -0.119. The van der Waals surface area contributed by atoms with Crippen LogP contribution in [-0.4, -0.2) is 20.4 Å². The largest absolute Gasteiger partial charge is 0.368 e. The second kappa shape index (κ2) is 4.60. The molecule has 0 bridgehead atoms. The molecule has 1 amide bonds. The van der Waals surface area contributed by atoms with Crippen molar-refractivity contribution in [3.05, 3.63) is 15.9 Å². The van der Waals surface area contributed by atoms with Gasteiger partial charge in [0.2, 0.25) is 5.91 Å². The summed E-state index contributed by atoms with van der Waals surface area (Å²) in [5.74, 6) is -0.716. The smallest absolute Gasteiger partial charge is 0.251 e.